The molecular formula is C16H20N4O4. The fourth-order valence-electron chi connectivity index (χ4n) is 2.53. The summed E-state index contributed by atoms with van der Waals surface area (Å²) in [6.07, 6.45) is 0. The quantitative estimate of drug-likeness (QED) is 0.650. The lowest BCUT2D eigenvalue weighted by atomic mass is 10.0. The van der Waals surface area contributed by atoms with Crippen molar-refractivity contribution in [1.29, 1.82) is 5.26 Å². The number of nitriles is 1. The molecule has 1 N–H and O–H groups in total. The SMILES string of the molecule is CC(C)C(Nc1ccc([N+](=O)[O-])cc1C#N)C(=O)N1CCOCC1. The Morgan fingerprint density at radius 3 is 2.62 bits per heavy atom. The number of amides is 1. The Kier molecular flexibility index (Phi) is 5.71. The number of non-ortho nitro benzene ring substituents is 1. The van der Waals surface area contributed by atoms with Crippen LogP contribution in [0.1, 0.15) is 19.4 Å². The summed E-state index contributed by atoms with van der Waals surface area (Å²) in [5.41, 5.74) is 0.408. The van der Waals surface area contributed by atoms with E-state index in [-0.39, 0.29) is 23.1 Å². The summed E-state index contributed by atoms with van der Waals surface area (Å²) in [4.78, 5) is 24.7. The number of carbonyl (C=O) groups is 1. The lowest BCUT2D eigenvalue weighted by molar-refractivity contribution is -0.384. The molecular weight excluding hydrogens is 312 g/mol. The molecule has 0 radical (unpaired) electrons. The highest BCUT2D eigenvalue weighted by molar-refractivity contribution is 5.85. The van der Waals surface area contributed by atoms with Crippen LogP contribution in [0, 0.1) is 27.4 Å². The van der Waals surface area contributed by atoms with E-state index < -0.39 is 11.0 Å². The number of anilines is 1. The Morgan fingerprint density at radius 2 is 2.08 bits per heavy atom. The first kappa shape index (κ1) is 17.7. The van der Waals surface area contributed by atoms with Crippen LogP contribution in [0.2, 0.25) is 0 Å². The highest BCUT2D eigenvalue weighted by Gasteiger charge is 2.29. The first-order valence-corrected chi connectivity index (χ1v) is 7.75. The number of benzene rings is 1. The minimum Gasteiger partial charge on any atom is -0.378 e. The van der Waals surface area contributed by atoms with Gasteiger partial charge < -0.3 is 15.0 Å². The van der Waals surface area contributed by atoms with Crippen molar-refractivity contribution in [2.24, 2.45) is 5.92 Å². The third kappa shape index (κ3) is 4.00. The Balaban J connectivity index is 2.23. The molecule has 1 aromatic carbocycles. The van der Waals surface area contributed by atoms with E-state index in [1.54, 1.807) is 4.90 Å². The number of hydrogen-bond donors (Lipinski definition) is 1. The molecule has 8 nitrogen and oxygen atoms in total. The fourth-order valence-corrected chi connectivity index (χ4v) is 2.53. The summed E-state index contributed by atoms with van der Waals surface area (Å²) in [5, 5.41) is 23.2. The van der Waals surface area contributed by atoms with Crippen LogP contribution in [0.5, 0.6) is 0 Å². The van der Waals surface area contributed by atoms with Gasteiger partial charge in [-0.1, -0.05) is 13.8 Å². The third-order valence-electron chi connectivity index (χ3n) is 3.90. The Hall–Kier alpha value is -2.66. The average Bonchev–Trinajstić information content (AvgIpc) is 2.59. The Bertz CT molecular complexity index is 663. The van der Waals surface area contributed by atoms with E-state index in [1.807, 2.05) is 19.9 Å². The molecule has 1 saturated heterocycles. The van der Waals surface area contributed by atoms with Gasteiger partial charge in [-0.05, 0) is 12.0 Å². The summed E-state index contributed by atoms with van der Waals surface area (Å²) in [6, 6.07) is 5.42. The summed E-state index contributed by atoms with van der Waals surface area (Å²) in [7, 11) is 0. The summed E-state index contributed by atoms with van der Waals surface area (Å²) in [5.74, 6) is -0.0716. The summed E-state index contributed by atoms with van der Waals surface area (Å²) < 4.78 is 5.26. The third-order valence-corrected chi connectivity index (χ3v) is 3.90. The molecule has 1 amide bonds. The van der Waals surface area contributed by atoms with Crippen molar-refractivity contribution in [2.75, 3.05) is 31.6 Å². The number of nitrogens with zero attached hydrogens (tertiary/aromatic N) is 3. The van der Waals surface area contributed by atoms with Crippen LogP contribution in [0.3, 0.4) is 0 Å². The van der Waals surface area contributed by atoms with Crippen LogP contribution in [0.15, 0.2) is 18.2 Å². The van der Waals surface area contributed by atoms with Crippen LogP contribution in [0.4, 0.5) is 11.4 Å². The van der Waals surface area contributed by atoms with E-state index in [1.165, 1.54) is 18.2 Å². The largest absolute Gasteiger partial charge is 0.378 e. The van der Waals surface area contributed by atoms with Crippen LogP contribution in [0.25, 0.3) is 0 Å². The second-order valence-electron chi connectivity index (χ2n) is 5.90. The van der Waals surface area contributed by atoms with E-state index in [4.69, 9.17) is 4.74 Å². The van der Waals surface area contributed by atoms with Gasteiger partial charge in [-0.15, -0.1) is 0 Å². The first-order valence-electron chi connectivity index (χ1n) is 7.75. The van der Waals surface area contributed by atoms with Gasteiger partial charge in [0.25, 0.3) is 5.69 Å². The zero-order chi connectivity index (χ0) is 17.7. The number of hydrogen-bond acceptors (Lipinski definition) is 6. The van der Waals surface area contributed by atoms with Crippen molar-refractivity contribution in [3.8, 4) is 6.07 Å². The molecule has 1 aliphatic rings. The van der Waals surface area contributed by atoms with Gasteiger partial charge in [0.05, 0.1) is 29.4 Å². The van der Waals surface area contributed by atoms with Crippen LogP contribution in [-0.2, 0) is 9.53 Å². The minimum atomic E-state index is -0.552. The van der Waals surface area contributed by atoms with Gasteiger partial charge in [-0.25, -0.2) is 0 Å². The van der Waals surface area contributed by atoms with E-state index in [9.17, 15) is 20.2 Å². The standard InChI is InChI=1S/C16H20N4O4/c1-11(2)15(16(21)19-5-7-24-8-6-19)18-14-4-3-13(20(22)23)9-12(14)10-17/h3-4,9,11,15,18H,5-8H2,1-2H3. The predicted octanol–water partition coefficient (Wildman–Crippen LogP) is 1.76. The molecule has 24 heavy (non-hydrogen) atoms. The maximum Gasteiger partial charge on any atom is 0.270 e. The summed E-state index contributed by atoms with van der Waals surface area (Å²) in [6.45, 7) is 5.92. The lowest BCUT2D eigenvalue weighted by Crippen LogP contribution is -2.49. The number of nitrogens with one attached hydrogen (secondary N) is 1. The predicted molar refractivity (Wildman–Crippen MR) is 87.5 cm³/mol. The summed E-state index contributed by atoms with van der Waals surface area (Å²) >= 11 is 0. The molecule has 128 valence electrons. The first-order chi connectivity index (χ1) is 11.4. The van der Waals surface area contributed by atoms with Gasteiger partial charge in [-0.3, -0.25) is 14.9 Å². The Labute approximate surface area is 140 Å². The topological polar surface area (TPSA) is 108 Å². The molecule has 1 fully saturated rings. The molecule has 1 aliphatic heterocycles. The maximum atomic E-state index is 12.7. The fraction of sp³-hybridized carbons (Fsp3) is 0.500. The van der Waals surface area contributed by atoms with E-state index in [0.717, 1.165) is 0 Å². The molecule has 1 heterocycles. The molecule has 1 unspecified atom stereocenters. The zero-order valence-corrected chi connectivity index (χ0v) is 13.7. The molecule has 0 spiro atoms. The Morgan fingerprint density at radius 1 is 1.42 bits per heavy atom. The van der Waals surface area contributed by atoms with E-state index in [2.05, 4.69) is 5.32 Å². The lowest BCUT2D eigenvalue weighted by Gasteiger charge is -2.32. The normalized spacial score (nSPS) is 15.7. The molecule has 1 atom stereocenters. The van der Waals surface area contributed by atoms with E-state index >= 15 is 0 Å². The van der Waals surface area contributed by atoms with Crippen molar-refractivity contribution >= 4 is 17.3 Å². The molecule has 0 aromatic heterocycles. The van der Waals surface area contributed by atoms with Gasteiger partial charge in [0.15, 0.2) is 0 Å². The second kappa shape index (κ2) is 7.75. The molecule has 0 aliphatic carbocycles. The van der Waals surface area contributed by atoms with Crippen molar-refractivity contribution in [3.63, 3.8) is 0 Å². The minimum absolute atomic E-state index is 0.0120. The van der Waals surface area contributed by atoms with Crippen molar-refractivity contribution in [1.82, 2.24) is 4.90 Å². The highest BCUT2D eigenvalue weighted by Crippen LogP contribution is 2.24. The second-order valence-corrected chi connectivity index (χ2v) is 5.90. The van der Waals surface area contributed by atoms with Crippen LogP contribution in [-0.4, -0.2) is 48.1 Å². The zero-order valence-electron chi connectivity index (χ0n) is 13.7. The molecule has 0 bridgehead atoms. The molecule has 8 heteroatoms. The monoisotopic (exact) mass is 332 g/mol. The van der Waals surface area contributed by atoms with Crippen LogP contribution >= 0.6 is 0 Å². The molecule has 2 rings (SSSR count). The van der Waals surface area contributed by atoms with Gasteiger partial charge in [-0.2, -0.15) is 5.26 Å². The smallest absolute Gasteiger partial charge is 0.270 e. The van der Waals surface area contributed by atoms with Gasteiger partial charge in [0.1, 0.15) is 12.1 Å². The van der Waals surface area contributed by atoms with Crippen LogP contribution < -0.4 is 5.32 Å². The number of ether oxygens (including phenoxy) is 1. The number of nitro groups is 1. The average molecular weight is 332 g/mol. The van der Waals surface area contributed by atoms with Crippen molar-refractivity contribution in [3.05, 3.63) is 33.9 Å². The number of rotatable bonds is 5. The van der Waals surface area contributed by atoms with Gasteiger partial charge >= 0.3 is 0 Å². The number of morpholine rings is 1. The van der Waals surface area contributed by atoms with Gasteiger partial charge in [0.2, 0.25) is 5.91 Å². The maximum absolute atomic E-state index is 12.7. The molecule has 1 aromatic rings. The van der Waals surface area contributed by atoms with Crippen molar-refractivity contribution in [2.45, 2.75) is 19.9 Å². The highest BCUT2D eigenvalue weighted by atomic mass is 16.6. The van der Waals surface area contributed by atoms with Gasteiger partial charge in [0, 0.05) is 25.2 Å². The van der Waals surface area contributed by atoms with Crippen molar-refractivity contribution < 1.29 is 14.5 Å². The van der Waals surface area contributed by atoms with E-state index in [0.29, 0.717) is 32.0 Å². The number of nitro benzene ring substituents is 1. The molecule has 0 saturated carbocycles. The number of carbonyl (C=O) groups excluding carboxylic acids is 1.